The molecule has 0 aliphatic heterocycles. The number of carbonyl (C=O) groups is 1. The minimum atomic E-state index is -0.723. The lowest BCUT2D eigenvalue weighted by Crippen LogP contribution is -2.29. The Morgan fingerprint density at radius 2 is 2.20 bits per heavy atom. The molecule has 0 aliphatic carbocycles. The molecule has 2 atom stereocenters. The summed E-state index contributed by atoms with van der Waals surface area (Å²) in [7, 11) is -0.723. The minimum absolute atomic E-state index is 0.114. The first-order valence-electron chi connectivity index (χ1n) is 5.25. The number of rotatable bonds is 8. The highest BCUT2D eigenvalue weighted by molar-refractivity contribution is 7.84. The van der Waals surface area contributed by atoms with Gasteiger partial charge in [0.1, 0.15) is 0 Å². The molecule has 0 saturated heterocycles. The molecule has 0 fully saturated rings. The molecule has 4 nitrogen and oxygen atoms in total. The van der Waals surface area contributed by atoms with E-state index in [0.717, 1.165) is 13.0 Å². The lowest BCUT2D eigenvalue weighted by atomic mass is 10.2. The molecule has 0 aliphatic rings. The molecule has 0 radical (unpaired) electrons. The van der Waals surface area contributed by atoms with E-state index < -0.39 is 10.8 Å². The molecule has 1 N–H and O–H groups in total. The van der Waals surface area contributed by atoms with Crippen LogP contribution in [-0.4, -0.2) is 41.9 Å². The van der Waals surface area contributed by atoms with Crippen LogP contribution in [0.5, 0.6) is 0 Å². The molecule has 0 bridgehead atoms. The number of ether oxygens (including phenoxy) is 1. The predicted molar refractivity (Wildman–Crippen MR) is 62.2 cm³/mol. The summed E-state index contributed by atoms with van der Waals surface area (Å²) in [5.74, 6) is 0.432. The fraction of sp³-hybridized carbons (Fsp3) is 0.900. The van der Waals surface area contributed by atoms with E-state index >= 15 is 0 Å². The van der Waals surface area contributed by atoms with E-state index in [1.807, 2.05) is 6.92 Å². The van der Waals surface area contributed by atoms with E-state index in [1.165, 1.54) is 0 Å². The Hall–Kier alpha value is -0.420. The van der Waals surface area contributed by atoms with Crippen molar-refractivity contribution in [2.24, 2.45) is 5.92 Å². The summed E-state index contributed by atoms with van der Waals surface area (Å²) in [6, 6.07) is 0. The Kier molecular flexibility index (Phi) is 8.61. The smallest absolute Gasteiger partial charge is 0.309 e. The van der Waals surface area contributed by atoms with E-state index in [4.69, 9.17) is 4.74 Å². The van der Waals surface area contributed by atoms with Crippen LogP contribution in [0.2, 0.25) is 0 Å². The molecular weight excluding hydrogens is 214 g/mol. The van der Waals surface area contributed by atoms with Crippen molar-refractivity contribution >= 4 is 16.8 Å². The predicted octanol–water partition coefficient (Wildman–Crippen LogP) is 0.544. The topological polar surface area (TPSA) is 55.4 Å². The van der Waals surface area contributed by atoms with Crippen LogP contribution in [0.1, 0.15) is 20.3 Å². The van der Waals surface area contributed by atoms with Crippen molar-refractivity contribution in [1.29, 1.82) is 0 Å². The molecule has 0 saturated carbocycles. The van der Waals surface area contributed by atoms with Crippen molar-refractivity contribution in [3.63, 3.8) is 0 Å². The first-order chi connectivity index (χ1) is 7.07. The Labute approximate surface area is 94.2 Å². The summed E-state index contributed by atoms with van der Waals surface area (Å²) in [6.45, 7) is 5.48. The normalized spacial score (nSPS) is 14.6. The van der Waals surface area contributed by atoms with Gasteiger partial charge in [-0.1, -0.05) is 6.92 Å². The standard InChI is InChI=1S/C10H21NO3S/c1-4-14-10(12)9(2)8-11-6-5-7-15(3)13/h9,11H,4-8H2,1-3H3. The fourth-order valence-corrected chi connectivity index (χ4v) is 1.64. The molecule has 0 rings (SSSR count). The van der Waals surface area contributed by atoms with E-state index in [-0.39, 0.29) is 11.9 Å². The van der Waals surface area contributed by atoms with Gasteiger partial charge in [0, 0.05) is 29.4 Å². The Morgan fingerprint density at radius 1 is 1.53 bits per heavy atom. The zero-order chi connectivity index (χ0) is 11.7. The maximum absolute atomic E-state index is 11.2. The third-order valence-electron chi connectivity index (χ3n) is 1.92. The number of esters is 1. The van der Waals surface area contributed by atoms with Crippen LogP contribution in [0.4, 0.5) is 0 Å². The molecule has 5 heteroatoms. The van der Waals surface area contributed by atoms with Crippen molar-refractivity contribution in [3.8, 4) is 0 Å². The average molecular weight is 235 g/mol. The first-order valence-corrected chi connectivity index (χ1v) is 6.98. The van der Waals surface area contributed by atoms with Crippen LogP contribution in [0.3, 0.4) is 0 Å². The van der Waals surface area contributed by atoms with Crippen molar-refractivity contribution in [1.82, 2.24) is 5.32 Å². The second-order valence-corrected chi connectivity index (χ2v) is 5.04. The summed E-state index contributed by atoms with van der Waals surface area (Å²) in [5.41, 5.74) is 0. The Balaban J connectivity index is 3.42. The molecule has 90 valence electrons. The Bertz CT molecular complexity index is 209. The van der Waals surface area contributed by atoms with Crippen molar-refractivity contribution in [2.75, 3.05) is 31.7 Å². The molecular formula is C10H21NO3S. The lowest BCUT2D eigenvalue weighted by Gasteiger charge is -2.11. The van der Waals surface area contributed by atoms with Crippen molar-refractivity contribution < 1.29 is 13.7 Å². The van der Waals surface area contributed by atoms with E-state index in [1.54, 1.807) is 13.2 Å². The van der Waals surface area contributed by atoms with Crippen molar-refractivity contribution in [2.45, 2.75) is 20.3 Å². The van der Waals surface area contributed by atoms with Gasteiger partial charge < -0.3 is 10.1 Å². The van der Waals surface area contributed by atoms with Crippen molar-refractivity contribution in [3.05, 3.63) is 0 Å². The molecule has 0 amide bonds. The number of hydrogen-bond acceptors (Lipinski definition) is 4. The summed E-state index contributed by atoms with van der Waals surface area (Å²) in [4.78, 5) is 11.2. The number of hydrogen-bond donors (Lipinski definition) is 1. The van der Waals surface area contributed by atoms with Crippen LogP contribution in [0.25, 0.3) is 0 Å². The van der Waals surface area contributed by atoms with E-state index in [9.17, 15) is 9.00 Å². The third-order valence-corrected chi connectivity index (χ3v) is 2.79. The van der Waals surface area contributed by atoms with Gasteiger partial charge in [-0.3, -0.25) is 9.00 Å². The molecule has 0 heterocycles. The maximum Gasteiger partial charge on any atom is 0.309 e. The van der Waals surface area contributed by atoms with Gasteiger partial charge in [0.2, 0.25) is 0 Å². The highest BCUT2D eigenvalue weighted by Crippen LogP contribution is 1.96. The molecule has 0 spiro atoms. The third kappa shape index (κ3) is 8.57. The summed E-state index contributed by atoms with van der Waals surface area (Å²) < 4.78 is 15.6. The SMILES string of the molecule is CCOC(=O)C(C)CNCCCS(C)=O. The van der Waals surface area contributed by atoms with Gasteiger partial charge in [-0.25, -0.2) is 0 Å². The number of carbonyl (C=O) groups excluding carboxylic acids is 1. The monoisotopic (exact) mass is 235 g/mol. The number of nitrogens with one attached hydrogen (secondary N) is 1. The van der Waals surface area contributed by atoms with Gasteiger partial charge in [-0.2, -0.15) is 0 Å². The van der Waals surface area contributed by atoms with Crippen LogP contribution in [-0.2, 0) is 20.3 Å². The van der Waals surface area contributed by atoms with Gasteiger partial charge in [0.15, 0.2) is 0 Å². The van der Waals surface area contributed by atoms with Crippen LogP contribution in [0.15, 0.2) is 0 Å². The van der Waals surface area contributed by atoms with Crippen LogP contribution in [0, 0.1) is 5.92 Å². The van der Waals surface area contributed by atoms with Gasteiger partial charge in [0.05, 0.1) is 12.5 Å². The maximum atomic E-state index is 11.2. The largest absolute Gasteiger partial charge is 0.466 e. The zero-order valence-corrected chi connectivity index (χ0v) is 10.6. The van der Waals surface area contributed by atoms with Gasteiger partial charge in [0.25, 0.3) is 0 Å². The first kappa shape index (κ1) is 14.6. The summed E-state index contributed by atoms with van der Waals surface area (Å²) >= 11 is 0. The van der Waals surface area contributed by atoms with E-state index in [0.29, 0.717) is 18.9 Å². The molecule has 0 aromatic heterocycles. The zero-order valence-electron chi connectivity index (χ0n) is 9.75. The highest BCUT2D eigenvalue weighted by Gasteiger charge is 2.12. The molecule has 2 unspecified atom stereocenters. The van der Waals surface area contributed by atoms with Gasteiger partial charge in [-0.05, 0) is 19.9 Å². The molecule has 15 heavy (non-hydrogen) atoms. The van der Waals surface area contributed by atoms with Gasteiger partial charge >= 0.3 is 5.97 Å². The lowest BCUT2D eigenvalue weighted by molar-refractivity contribution is -0.147. The second-order valence-electron chi connectivity index (χ2n) is 3.49. The fourth-order valence-electron chi connectivity index (χ4n) is 1.09. The summed E-state index contributed by atoms with van der Waals surface area (Å²) in [6.07, 6.45) is 2.57. The van der Waals surface area contributed by atoms with Gasteiger partial charge in [-0.15, -0.1) is 0 Å². The second kappa shape index (κ2) is 8.85. The van der Waals surface area contributed by atoms with Crippen LogP contribution < -0.4 is 5.32 Å². The Morgan fingerprint density at radius 3 is 2.73 bits per heavy atom. The summed E-state index contributed by atoms with van der Waals surface area (Å²) in [5, 5.41) is 3.14. The average Bonchev–Trinajstić information content (AvgIpc) is 2.16. The molecule has 0 aromatic carbocycles. The highest BCUT2D eigenvalue weighted by atomic mass is 32.2. The molecule has 0 aromatic rings. The minimum Gasteiger partial charge on any atom is -0.466 e. The van der Waals surface area contributed by atoms with E-state index in [2.05, 4.69) is 5.32 Å². The van der Waals surface area contributed by atoms with Crippen LogP contribution >= 0.6 is 0 Å². The quantitative estimate of drug-likeness (QED) is 0.493.